The Hall–Kier alpha value is -3.75. The zero-order chi connectivity index (χ0) is 29.1. The topological polar surface area (TPSA) is 59.2 Å². The summed E-state index contributed by atoms with van der Waals surface area (Å²) in [5.74, 6) is 0.851. The van der Waals surface area contributed by atoms with Crippen LogP contribution in [-0.4, -0.2) is 15.1 Å². The molecule has 6 rings (SSSR count). The molecule has 42 heavy (non-hydrogen) atoms. The first-order valence-corrected chi connectivity index (χ1v) is 14.2. The fraction of sp³-hybridized carbons (Fsp3) is 0.243. The number of phenolic OH excluding ortho intramolecular Hbond substituents is 1. The second-order valence-corrected chi connectivity index (χ2v) is 12.4. The molecule has 2 aromatic heterocycles. The molecule has 6 aromatic rings. The summed E-state index contributed by atoms with van der Waals surface area (Å²) < 4.78 is 6.38. The number of hydrogen-bond donors (Lipinski definition) is 1. The molecule has 0 radical (unpaired) electrons. The van der Waals surface area contributed by atoms with Gasteiger partial charge in [0.1, 0.15) is 11.3 Å². The van der Waals surface area contributed by atoms with E-state index >= 15 is 0 Å². The maximum absolute atomic E-state index is 10.8. The molecule has 0 atom stereocenters. The molecule has 0 aliphatic heterocycles. The second kappa shape index (κ2) is 11.2. The predicted octanol–water partition coefficient (Wildman–Crippen LogP) is 9.92. The number of nitrogens with zero attached hydrogens (tertiary/aromatic N) is 2. The number of benzene rings is 4. The van der Waals surface area contributed by atoms with Crippen LogP contribution in [0, 0.1) is 19.9 Å². The van der Waals surface area contributed by atoms with Crippen LogP contribution >= 0.6 is 0 Å². The summed E-state index contributed by atoms with van der Waals surface area (Å²) in [4.78, 5) is 9.71. The van der Waals surface area contributed by atoms with Crippen LogP contribution in [-0.2, 0) is 26.5 Å². The minimum Gasteiger partial charge on any atom is -0.507 e. The molecule has 2 heterocycles. The number of para-hydroxylation sites is 1. The molecule has 0 fully saturated rings. The van der Waals surface area contributed by atoms with Crippen LogP contribution in [0.4, 0.5) is 0 Å². The Bertz CT molecular complexity index is 1950. The van der Waals surface area contributed by atoms with Gasteiger partial charge in [-0.1, -0.05) is 83.0 Å². The third-order valence-electron chi connectivity index (χ3n) is 7.86. The normalized spacial score (nSPS) is 11.8. The Morgan fingerprint density at radius 2 is 1.57 bits per heavy atom. The van der Waals surface area contributed by atoms with Crippen molar-refractivity contribution in [2.75, 3.05) is 0 Å². The smallest absolute Gasteiger partial charge is 0.230 e. The van der Waals surface area contributed by atoms with Gasteiger partial charge in [-0.3, -0.25) is 4.98 Å². The molecular weight excluding hydrogens is 699 g/mol. The fourth-order valence-electron chi connectivity index (χ4n) is 5.41. The van der Waals surface area contributed by atoms with E-state index in [1.54, 1.807) is 6.07 Å². The van der Waals surface area contributed by atoms with Crippen LogP contribution in [0.5, 0.6) is 5.75 Å². The van der Waals surface area contributed by atoms with Crippen molar-refractivity contribution in [1.82, 2.24) is 9.97 Å². The van der Waals surface area contributed by atoms with Crippen LogP contribution in [0.25, 0.3) is 55.7 Å². The van der Waals surface area contributed by atoms with E-state index in [4.69, 9.17) is 14.4 Å². The van der Waals surface area contributed by atoms with E-state index in [1.807, 2.05) is 24.4 Å². The first kappa shape index (κ1) is 29.7. The Morgan fingerprint density at radius 1 is 0.833 bits per heavy atom. The number of hydrogen-bond acceptors (Lipinski definition) is 4. The zero-order valence-electron chi connectivity index (χ0n) is 25.1. The fourth-order valence-corrected chi connectivity index (χ4v) is 5.41. The summed E-state index contributed by atoms with van der Waals surface area (Å²) in [6.07, 6.45) is 1.87. The molecule has 4 aromatic carbocycles. The molecular formula is C37H35N2O2Pt-. The Balaban J connectivity index is 0.00000353. The number of rotatable bonds is 4. The van der Waals surface area contributed by atoms with Gasteiger partial charge in [-0.2, -0.15) is 0 Å². The van der Waals surface area contributed by atoms with E-state index < -0.39 is 0 Å². The maximum Gasteiger partial charge on any atom is 0.230 e. The van der Waals surface area contributed by atoms with Crippen molar-refractivity contribution in [1.29, 1.82) is 0 Å². The van der Waals surface area contributed by atoms with E-state index in [1.165, 1.54) is 5.56 Å². The van der Waals surface area contributed by atoms with Crippen molar-refractivity contribution in [2.45, 2.75) is 59.8 Å². The monoisotopic (exact) mass is 734 g/mol. The average Bonchev–Trinajstić information content (AvgIpc) is 3.36. The zero-order valence-corrected chi connectivity index (χ0v) is 27.3. The van der Waals surface area contributed by atoms with Gasteiger partial charge in [0.15, 0.2) is 0 Å². The molecule has 0 amide bonds. The molecule has 0 aliphatic carbocycles. The standard InChI is InChI=1S/C37H35N2O2.Pt/c1-21(2)24-18-30(35-33(19-24)41-36(39-35)31-20-27(37(5,6)7)11-12-32(31)40)26-16-22(3)15-25(17-26)29-10-8-9-28-23(4)13-14-38-34(28)29;/h8-16,18-21,40H,1-7H3;/q-1;. The quantitative estimate of drug-likeness (QED) is 0.183. The molecule has 0 bridgehead atoms. The van der Waals surface area contributed by atoms with E-state index in [9.17, 15) is 5.11 Å². The molecule has 0 spiro atoms. The van der Waals surface area contributed by atoms with Gasteiger partial charge in [0.2, 0.25) is 5.89 Å². The van der Waals surface area contributed by atoms with Crippen molar-refractivity contribution in [3.8, 4) is 39.5 Å². The number of oxazole rings is 1. The van der Waals surface area contributed by atoms with Gasteiger partial charge in [0.05, 0.1) is 11.1 Å². The van der Waals surface area contributed by atoms with Crippen molar-refractivity contribution >= 4 is 22.0 Å². The SMILES string of the molecule is Cc1cc(-c2cc(C(C)C)cc3oc(-c4cc(C(C)(C)C)ccc4O)nc23)[c-]c(-c2cccc3c(C)ccnc23)c1.[Pt]. The number of aromatic hydroxyl groups is 1. The summed E-state index contributed by atoms with van der Waals surface area (Å²) in [7, 11) is 0. The third-order valence-corrected chi connectivity index (χ3v) is 7.86. The maximum atomic E-state index is 10.8. The van der Waals surface area contributed by atoms with Crippen LogP contribution in [0.2, 0.25) is 0 Å². The van der Waals surface area contributed by atoms with Crippen LogP contribution in [0.15, 0.2) is 77.3 Å². The van der Waals surface area contributed by atoms with Crippen molar-refractivity contribution in [3.63, 3.8) is 0 Å². The summed E-state index contributed by atoms with van der Waals surface area (Å²) in [6.45, 7) is 15.0. The molecule has 0 saturated heterocycles. The minimum atomic E-state index is -0.0770. The summed E-state index contributed by atoms with van der Waals surface area (Å²) in [5, 5.41) is 11.9. The first-order valence-electron chi connectivity index (χ1n) is 14.2. The molecule has 0 unspecified atom stereocenters. The first-order chi connectivity index (χ1) is 19.5. The van der Waals surface area contributed by atoms with Crippen molar-refractivity contribution in [2.24, 2.45) is 0 Å². The summed E-state index contributed by atoms with van der Waals surface area (Å²) >= 11 is 0. The summed E-state index contributed by atoms with van der Waals surface area (Å²) in [6, 6.07) is 26.3. The number of aromatic nitrogens is 2. The second-order valence-electron chi connectivity index (χ2n) is 12.4. The van der Waals surface area contributed by atoms with E-state index in [-0.39, 0.29) is 32.2 Å². The van der Waals surface area contributed by atoms with Gasteiger partial charge in [-0.05, 0) is 64.6 Å². The molecule has 1 N–H and O–H groups in total. The Kier molecular flexibility index (Phi) is 7.89. The number of phenols is 1. The molecule has 0 saturated carbocycles. The number of pyridine rings is 1. The molecule has 0 aliphatic rings. The van der Waals surface area contributed by atoms with Gasteiger partial charge in [0, 0.05) is 32.8 Å². The van der Waals surface area contributed by atoms with Crippen LogP contribution in [0.3, 0.4) is 0 Å². The average molecular weight is 735 g/mol. The number of fused-ring (bicyclic) bond motifs is 2. The molecule has 216 valence electrons. The van der Waals surface area contributed by atoms with Gasteiger partial charge < -0.3 is 9.52 Å². The van der Waals surface area contributed by atoms with Gasteiger partial charge in [-0.25, -0.2) is 4.98 Å². The van der Waals surface area contributed by atoms with Crippen LogP contribution in [0.1, 0.15) is 62.8 Å². The predicted molar refractivity (Wildman–Crippen MR) is 168 cm³/mol. The Labute approximate surface area is 262 Å². The van der Waals surface area contributed by atoms with Gasteiger partial charge in [-0.15, -0.1) is 34.9 Å². The molecule has 4 nitrogen and oxygen atoms in total. The largest absolute Gasteiger partial charge is 0.507 e. The minimum absolute atomic E-state index is 0. The van der Waals surface area contributed by atoms with Gasteiger partial charge >= 0.3 is 0 Å². The Morgan fingerprint density at radius 3 is 2.29 bits per heavy atom. The van der Waals surface area contributed by atoms with E-state index in [0.29, 0.717) is 23.0 Å². The van der Waals surface area contributed by atoms with Crippen LogP contribution < -0.4 is 0 Å². The summed E-state index contributed by atoms with van der Waals surface area (Å²) in [5.41, 5.74) is 11.5. The van der Waals surface area contributed by atoms with Crippen molar-refractivity contribution < 1.29 is 30.6 Å². The van der Waals surface area contributed by atoms with E-state index in [2.05, 4.69) is 97.0 Å². The molecule has 5 heteroatoms. The number of aryl methyl sites for hydroxylation is 2. The van der Waals surface area contributed by atoms with Crippen molar-refractivity contribution in [3.05, 3.63) is 101 Å². The van der Waals surface area contributed by atoms with Gasteiger partial charge in [0.25, 0.3) is 0 Å². The van der Waals surface area contributed by atoms with E-state index in [0.717, 1.165) is 55.4 Å². The third kappa shape index (κ3) is 5.41.